The second-order valence-corrected chi connectivity index (χ2v) is 4.63. The van der Waals surface area contributed by atoms with E-state index in [9.17, 15) is 14.3 Å². The summed E-state index contributed by atoms with van der Waals surface area (Å²) in [6, 6.07) is 7.18. The van der Waals surface area contributed by atoms with Crippen LogP contribution in [-0.4, -0.2) is 41.3 Å². The molecule has 2 atom stereocenters. The zero-order valence-electron chi connectivity index (χ0n) is 10.4. The Kier molecular flexibility index (Phi) is 3.26. The number of alkyl halides is 1. The van der Waals surface area contributed by atoms with Gasteiger partial charge in [-0.05, 0) is 24.6 Å². The first-order valence-corrected chi connectivity index (χ1v) is 5.74. The number of hydrogen-bond acceptors (Lipinski definition) is 3. The van der Waals surface area contributed by atoms with Crippen molar-refractivity contribution in [2.24, 2.45) is 0 Å². The van der Waals surface area contributed by atoms with Crippen molar-refractivity contribution in [1.82, 2.24) is 4.90 Å². The van der Waals surface area contributed by atoms with Gasteiger partial charge in [-0.1, -0.05) is 12.1 Å². The van der Waals surface area contributed by atoms with Crippen molar-refractivity contribution in [1.29, 1.82) is 0 Å². The highest BCUT2D eigenvalue weighted by molar-refractivity contribution is 5.87. The fourth-order valence-electron chi connectivity index (χ4n) is 2.00. The molecule has 1 amide bonds. The number of carbonyl (C=O) groups excluding carboxylic acids is 1. The van der Waals surface area contributed by atoms with Gasteiger partial charge in [0, 0.05) is 6.54 Å². The zero-order chi connectivity index (χ0) is 13.3. The standard InChI is InChI=1S/C13H16FNO3/c1-13(14)11(16)8-15(12(13)17)7-9-3-5-10(18-2)6-4-9/h3-6,11,16H,7-8H2,1-2H3/t11-,13+/m0/s1. The van der Waals surface area contributed by atoms with E-state index < -0.39 is 17.7 Å². The fraction of sp³-hybridized carbons (Fsp3) is 0.462. The monoisotopic (exact) mass is 253 g/mol. The van der Waals surface area contributed by atoms with Crippen molar-refractivity contribution in [2.45, 2.75) is 25.2 Å². The minimum Gasteiger partial charge on any atom is -0.497 e. The maximum Gasteiger partial charge on any atom is 0.263 e. The number of ether oxygens (including phenoxy) is 1. The van der Waals surface area contributed by atoms with Crippen molar-refractivity contribution < 1.29 is 19.0 Å². The molecule has 0 unspecified atom stereocenters. The Hall–Kier alpha value is -1.62. The molecule has 0 bridgehead atoms. The minimum absolute atomic E-state index is 0.0257. The topological polar surface area (TPSA) is 49.8 Å². The van der Waals surface area contributed by atoms with Crippen LogP contribution < -0.4 is 4.74 Å². The first-order valence-electron chi connectivity index (χ1n) is 5.74. The Bertz CT molecular complexity index is 444. The second kappa shape index (κ2) is 4.57. The molecule has 0 radical (unpaired) electrons. The van der Waals surface area contributed by atoms with Crippen LogP contribution in [0.3, 0.4) is 0 Å². The highest BCUT2D eigenvalue weighted by atomic mass is 19.1. The molecule has 1 N–H and O–H groups in total. The molecule has 2 rings (SSSR count). The number of likely N-dealkylation sites (tertiary alicyclic amines) is 1. The molecule has 1 aromatic carbocycles. The summed E-state index contributed by atoms with van der Waals surface area (Å²) in [7, 11) is 1.57. The van der Waals surface area contributed by atoms with E-state index in [-0.39, 0.29) is 6.54 Å². The number of amides is 1. The van der Waals surface area contributed by atoms with Crippen LogP contribution in [-0.2, 0) is 11.3 Å². The van der Waals surface area contributed by atoms with Crippen molar-refractivity contribution in [2.75, 3.05) is 13.7 Å². The van der Waals surface area contributed by atoms with Crippen LogP contribution in [0.5, 0.6) is 5.75 Å². The number of rotatable bonds is 3. The van der Waals surface area contributed by atoms with Gasteiger partial charge in [0.05, 0.1) is 13.7 Å². The minimum atomic E-state index is -2.17. The lowest BCUT2D eigenvalue weighted by Crippen LogP contribution is -2.38. The van der Waals surface area contributed by atoms with Gasteiger partial charge in [0.2, 0.25) is 5.67 Å². The number of nitrogens with zero attached hydrogens (tertiary/aromatic N) is 1. The smallest absolute Gasteiger partial charge is 0.263 e. The van der Waals surface area contributed by atoms with E-state index in [1.807, 2.05) is 12.1 Å². The lowest BCUT2D eigenvalue weighted by molar-refractivity contribution is -0.139. The Balaban J connectivity index is 2.08. The maximum atomic E-state index is 13.8. The SMILES string of the molecule is COc1ccc(CN2C[C@H](O)[C@@](C)(F)C2=O)cc1. The third kappa shape index (κ3) is 2.18. The molecule has 1 aliphatic heterocycles. The van der Waals surface area contributed by atoms with Crippen molar-refractivity contribution >= 4 is 5.91 Å². The Morgan fingerprint density at radius 1 is 1.50 bits per heavy atom. The normalized spacial score (nSPS) is 27.7. The van der Waals surface area contributed by atoms with Crippen molar-refractivity contribution in [3.8, 4) is 5.75 Å². The number of carbonyl (C=O) groups is 1. The number of aliphatic hydroxyl groups excluding tert-OH is 1. The van der Waals surface area contributed by atoms with Crippen LogP contribution in [0.25, 0.3) is 0 Å². The second-order valence-electron chi connectivity index (χ2n) is 4.63. The molecule has 18 heavy (non-hydrogen) atoms. The number of aliphatic hydroxyl groups is 1. The fourth-order valence-corrected chi connectivity index (χ4v) is 2.00. The molecule has 98 valence electrons. The molecule has 1 heterocycles. The average Bonchev–Trinajstić information content (AvgIpc) is 2.54. The Labute approximate surface area is 105 Å². The summed E-state index contributed by atoms with van der Waals surface area (Å²) in [6.45, 7) is 1.44. The summed E-state index contributed by atoms with van der Waals surface area (Å²) < 4.78 is 18.8. The third-order valence-corrected chi connectivity index (χ3v) is 3.26. The Morgan fingerprint density at radius 2 is 2.11 bits per heavy atom. The van der Waals surface area contributed by atoms with Gasteiger partial charge in [0.15, 0.2) is 0 Å². The molecule has 0 saturated carbocycles. The molecule has 1 saturated heterocycles. The van der Waals surface area contributed by atoms with Gasteiger partial charge in [0.1, 0.15) is 11.9 Å². The quantitative estimate of drug-likeness (QED) is 0.878. The largest absolute Gasteiger partial charge is 0.497 e. The van der Waals surface area contributed by atoms with Gasteiger partial charge >= 0.3 is 0 Å². The lowest BCUT2D eigenvalue weighted by Gasteiger charge is -2.17. The van der Waals surface area contributed by atoms with Crippen LogP contribution in [0.1, 0.15) is 12.5 Å². The van der Waals surface area contributed by atoms with Crippen LogP contribution in [0.15, 0.2) is 24.3 Å². The van der Waals surface area contributed by atoms with Crippen LogP contribution >= 0.6 is 0 Å². The van der Waals surface area contributed by atoms with E-state index in [0.717, 1.165) is 18.2 Å². The van der Waals surface area contributed by atoms with Gasteiger partial charge in [-0.25, -0.2) is 4.39 Å². The lowest BCUT2D eigenvalue weighted by atomic mass is 10.1. The molecule has 1 fully saturated rings. The molecule has 0 aromatic heterocycles. The highest BCUT2D eigenvalue weighted by Gasteiger charge is 2.50. The number of benzene rings is 1. The van der Waals surface area contributed by atoms with Crippen LogP contribution in [0, 0.1) is 0 Å². The summed E-state index contributed by atoms with van der Waals surface area (Å²) in [5.41, 5.74) is -1.30. The van der Waals surface area contributed by atoms with Crippen molar-refractivity contribution in [3.05, 3.63) is 29.8 Å². The van der Waals surface area contributed by atoms with Gasteiger partial charge < -0.3 is 14.7 Å². The highest BCUT2D eigenvalue weighted by Crippen LogP contribution is 2.28. The number of β-amino-alcohol motifs (C(OH)–C–C–N with tert-alkyl or cyclic N) is 1. The number of hydrogen-bond donors (Lipinski definition) is 1. The first kappa shape index (κ1) is 12.8. The summed E-state index contributed by atoms with van der Waals surface area (Å²) in [6.07, 6.45) is -1.26. The van der Waals surface area contributed by atoms with E-state index in [1.165, 1.54) is 4.90 Å². The summed E-state index contributed by atoms with van der Waals surface area (Å²) in [4.78, 5) is 13.1. The maximum absolute atomic E-state index is 13.8. The molecule has 5 heteroatoms. The Morgan fingerprint density at radius 3 is 2.56 bits per heavy atom. The summed E-state index contributed by atoms with van der Waals surface area (Å²) in [5, 5.41) is 9.50. The molecule has 1 aromatic rings. The first-order chi connectivity index (χ1) is 8.45. The van der Waals surface area contributed by atoms with E-state index >= 15 is 0 Å². The molecule has 4 nitrogen and oxygen atoms in total. The molecule has 0 spiro atoms. The summed E-state index contributed by atoms with van der Waals surface area (Å²) in [5.74, 6) is 0.0627. The van der Waals surface area contributed by atoms with Gasteiger partial charge in [-0.2, -0.15) is 0 Å². The van der Waals surface area contributed by atoms with Crippen LogP contribution in [0.2, 0.25) is 0 Å². The third-order valence-electron chi connectivity index (χ3n) is 3.26. The predicted octanol–water partition coefficient (Wildman–Crippen LogP) is 1.13. The molecule has 1 aliphatic rings. The van der Waals surface area contributed by atoms with Gasteiger partial charge in [0.25, 0.3) is 5.91 Å². The van der Waals surface area contributed by atoms with Crippen LogP contribution in [0.4, 0.5) is 4.39 Å². The van der Waals surface area contributed by atoms with E-state index in [0.29, 0.717) is 6.54 Å². The number of halogens is 1. The average molecular weight is 253 g/mol. The summed E-state index contributed by atoms with van der Waals surface area (Å²) >= 11 is 0. The van der Waals surface area contributed by atoms with Gasteiger partial charge in [-0.3, -0.25) is 4.79 Å². The zero-order valence-corrected chi connectivity index (χ0v) is 10.4. The van der Waals surface area contributed by atoms with Gasteiger partial charge in [-0.15, -0.1) is 0 Å². The molecular weight excluding hydrogens is 237 g/mol. The molecular formula is C13H16FNO3. The van der Waals surface area contributed by atoms with E-state index in [2.05, 4.69) is 0 Å². The van der Waals surface area contributed by atoms with Crippen molar-refractivity contribution in [3.63, 3.8) is 0 Å². The number of methoxy groups -OCH3 is 1. The predicted molar refractivity (Wildman–Crippen MR) is 63.9 cm³/mol. The molecule has 0 aliphatic carbocycles. The van der Waals surface area contributed by atoms with E-state index in [4.69, 9.17) is 4.74 Å². The van der Waals surface area contributed by atoms with E-state index in [1.54, 1.807) is 19.2 Å².